The van der Waals surface area contributed by atoms with Gasteiger partial charge in [-0.15, -0.1) is 0 Å². The molecular weight excluding hydrogens is 332 g/mol. The van der Waals surface area contributed by atoms with E-state index in [0.717, 1.165) is 24.2 Å². The molecule has 0 unspecified atom stereocenters. The van der Waals surface area contributed by atoms with E-state index in [1.54, 1.807) is 29.0 Å². The second-order valence-corrected chi connectivity index (χ2v) is 6.44. The van der Waals surface area contributed by atoms with Gasteiger partial charge in [-0.3, -0.25) is 9.59 Å². The average molecular weight is 350 g/mol. The van der Waals surface area contributed by atoms with Crippen LogP contribution < -0.4 is 4.90 Å². The molecule has 1 aromatic heterocycles. The van der Waals surface area contributed by atoms with E-state index in [1.807, 2.05) is 30.3 Å². The predicted octanol–water partition coefficient (Wildman–Crippen LogP) is 2.62. The lowest BCUT2D eigenvalue weighted by atomic mass is 10.1. The molecule has 1 aliphatic rings. The Morgan fingerprint density at radius 2 is 1.92 bits per heavy atom. The number of hydrogen-bond donors (Lipinski definition) is 0. The summed E-state index contributed by atoms with van der Waals surface area (Å²) in [4.78, 5) is 27.9. The first-order valence-corrected chi connectivity index (χ1v) is 8.49. The third kappa shape index (κ3) is 3.03. The number of aromatic nitrogens is 2. The van der Waals surface area contributed by atoms with Gasteiger partial charge in [-0.05, 0) is 58.7 Å². The lowest BCUT2D eigenvalue weighted by Crippen LogP contribution is -2.26. The normalized spacial score (nSPS) is 14.2. The molecule has 0 bridgehead atoms. The number of carbonyl (C=O) groups is 2. The molecule has 0 saturated carbocycles. The maximum Gasteiger partial charge on any atom is 0.253 e. The van der Waals surface area contributed by atoms with Gasteiger partial charge >= 0.3 is 0 Å². The zero-order valence-corrected chi connectivity index (χ0v) is 14.4. The van der Waals surface area contributed by atoms with Crippen molar-refractivity contribution >= 4 is 28.5 Å². The van der Waals surface area contributed by atoms with E-state index in [9.17, 15) is 9.59 Å². The minimum Gasteiger partial charge on any atom is -0.337 e. The third-order valence-corrected chi connectivity index (χ3v) is 4.58. The van der Waals surface area contributed by atoms with E-state index in [1.165, 1.54) is 0 Å². The van der Waals surface area contributed by atoms with Crippen molar-refractivity contribution in [1.82, 2.24) is 15.2 Å². The summed E-state index contributed by atoms with van der Waals surface area (Å²) in [5.74, 6) is 0.0570. The Morgan fingerprint density at radius 3 is 2.65 bits per heavy atom. The Labute approximate surface area is 150 Å². The lowest BCUT2D eigenvalue weighted by molar-refractivity contribution is -0.117. The van der Waals surface area contributed by atoms with Gasteiger partial charge in [-0.1, -0.05) is 6.07 Å². The molecule has 1 aliphatic heterocycles. The minimum atomic E-state index is -0.0809. The number of benzene rings is 2. The van der Waals surface area contributed by atoms with Gasteiger partial charge in [-0.25, -0.2) is 4.63 Å². The van der Waals surface area contributed by atoms with Crippen molar-refractivity contribution in [2.24, 2.45) is 0 Å². The summed E-state index contributed by atoms with van der Waals surface area (Å²) in [6.45, 7) is 1.19. The topological polar surface area (TPSA) is 79.5 Å². The van der Waals surface area contributed by atoms with Crippen LogP contribution in [0.2, 0.25) is 0 Å². The predicted molar refractivity (Wildman–Crippen MR) is 95.6 cm³/mol. The van der Waals surface area contributed by atoms with Gasteiger partial charge in [-0.2, -0.15) is 0 Å². The van der Waals surface area contributed by atoms with Crippen molar-refractivity contribution in [2.45, 2.75) is 19.4 Å². The lowest BCUT2D eigenvalue weighted by Gasteiger charge is -2.19. The third-order valence-electron chi connectivity index (χ3n) is 4.58. The van der Waals surface area contributed by atoms with E-state index in [4.69, 9.17) is 4.63 Å². The molecule has 0 aliphatic carbocycles. The number of fused-ring (bicyclic) bond motifs is 1. The van der Waals surface area contributed by atoms with E-state index in [0.29, 0.717) is 29.6 Å². The Kier molecular flexibility index (Phi) is 4.12. The first-order chi connectivity index (χ1) is 12.6. The summed E-state index contributed by atoms with van der Waals surface area (Å²) < 4.78 is 4.69. The zero-order chi connectivity index (χ0) is 18.1. The van der Waals surface area contributed by atoms with Crippen molar-refractivity contribution in [1.29, 1.82) is 0 Å². The van der Waals surface area contributed by atoms with Gasteiger partial charge < -0.3 is 9.80 Å². The second kappa shape index (κ2) is 6.59. The van der Waals surface area contributed by atoms with Crippen LogP contribution in [0.15, 0.2) is 47.1 Å². The fraction of sp³-hybridized carbons (Fsp3) is 0.263. The molecule has 1 saturated heterocycles. The first-order valence-electron chi connectivity index (χ1n) is 8.49. The molecule has 2 aromatic carbocycles. The van der Waals surface area contributed by atoms with Crippen molar-refractivity contribution in [3.05, 3.63) is 53.6 Å². The standard InChI is InChI=1S/C19H18N4O3/c1-22(12-13-4-9-16-17(11-13)21-26-20-16)19(25)14-5-7-15(8-6-14)23-10-2-3-18(23)24/h4-9,11H,2-3,10,12H2,1H3. The summed E-state index contributed by atoms with van der Waals surface area (Å²) in [6, 6.07) is 12.8. The highest BCUT2D eigenvalue weighted by atomic mass is 16.6. The Morgan fingerprint density at radius 1 is 1.15 bits per heavy atom. The van der Waals surface area contributed by atoms with Crippen molar-refractivity contribution in [3.63, 3.8) is 0 Å². The fourth-order valence-electron chi connectivity index (χ4n) is 3.20. The highest BCUT2D eigenvalue weighted by molar-refractivity contribution is 5.97. The molecule has 0 radical (unpaired) electrons. The van der Waals surface area contributed by atoms with Gasteiger partial charge in [0.25, 0.3) is 5.91 Å². The number of rotatable bonds is 4. The molecule has 4 rings (SSSR count). The SMILES string of the molecule is CN(Cc1ccc2nonc2c1)C(=O)c1ccc(N2CCCC2=O)cc1. The molecule has 0 atom stereocenters. The van der Waals surface area contributed by atoms with Gasteiger partial charge in [0.2, 0.25) is 5.91 Å². The molecule has 0 spiro atoms. The van der Waals surface area contributed by atoms with Gasteiger partial charge in [0.05, 0.1) is 0 Å². The van der Waals surface area contributed by atoms with Crippen molar-refractivity contribution in [2.75, 3.05) is 18.5 Å². The summed E-state index contributed by atoms with van der Waals surface area (Å²) in [6.07, 6.45) is 1.47. The van der Waals surface area contributed by atoms with Crippen molar-refractivity contribution < 1.29 is 14.2 Å². The van der Waals surface area contributed by atoms with Crippen LogP contribution in [0.3, 0.4) is 0 Å². The van der Waals surface area contributed by atoms with Crippen LogP contribution in [-0.2, 0) is 11.3 Å². The van der Waals surface area contributed by atoms with E-state index >= 15 is 0 Å². The minimum absolute atomic E-state index is 0.0809. The number of anilines is 1. The van der Waals surface area contributed by atoms with Crippen LogP contribution in [0.4, 0.5) is 5.69 Å². The maximum absolute atomic E-state index is 12.7. The number of hydrogen-bond acceptors (Lipinski definition) is 5. The molecule has 7 heteroatoms. The van der Waals surface area contributed by atoms with Crippen molar-refractivity contribution in [3.8, 4) is 0 Å². The van der Waals surface area contributed by atoms with Gasteiger partial charge in [0, 0.05) is 37.8 Å². The van der Waals surface area contributed by atoms with Crippen LogP contribution in [-0.4, -0.2) is 40.6 Å². The molecule has 26 heavy (non-hydrogen) atoms. The summed E-state index contributed by atoms with van der Waals surface area (Å²) >= 11 is 0. The smallest absolute Gasteiger partial charge is 0.253 e. The largest absolute Gasteiger partial charge is 0.337 e. The highest BCUT2D eigenvalue weighted by Gasteiger charge is 2.22. The van der Waals surface area contributed by atoms with Gasteiger partial charge in [0.1, 0.15) is 11.0 Å². The fourth-order valence-corrected chi connectivity index (χ4v) is 3.20. The summed E-state index contributed by atoms with van der Waals surface area (Å²) in [7, 11) is 1.76. The summed E-state index contributed by atoms with van der Waals surface area (Å²) in [5.41, 5.74) is 3.74. The van der Waals surface area contributed by atoms with Crippen LogP contribution in [0, 0.1) is 0 Å². The van der Waals surface area contributed by atoms with E-state index in [2.05, 4.69) is 10.3 Å². The molecule has 132 valence electrons. The second-order valence-electron chi connectivity index (χ2n) is 6.44. The van der Waals surface area contributed by atoms with Crippen LogP contribution in [0.1, 0.15) is 28.8 Å². The maximum atomic E-state index is 12.7. The summed E-state index contributed by atoms with van der Waals surface area (Å²) in [5, 5.41) is 7.59. The molecule has 1 fully saturated rings. The Hall–Kier alpha value is -3.22. The number of nitrogens with zero attached hydrogens (tertiary/aromatic N) is 4. The molecular formula is C19H18N4O3. The molecule has 7 nitrogen and oxygen atoms in total. The molecule has 3 aromatic rings. The zero-order valence-electron chi connectivity index (χ0n) is 14.4. The van der Waals surface area contributed by atoms with Gasteiger partial charge in [0.15, 0.2) is 0 Å². The van der Waals surface area contributed by atoms with E-state index in [-0.39, 0.29) is 11.8 Å². The quantitative estimate of drug-likeness (QED) is 0.723. The van der Waals surface area contributed by atoms with E-state index < -0.39 is 0 Å². The van der Waals surface area contributed by atoms with Crippen LogP contribution in [0.25, 0.3) is 11.0 Å². The number of amides is 2. The Balaban J connectivity index is 1.46. The molecule has 2 heterocycles. The highest BCUT2D eigenvalue weighted by Crippen LogP contribution is 2.22. The number of carbonyl (C=O) groups excluding carboxylic acids is 2. The average Bonchev–Trinajstić information content (AvgIpc) is 3.29. The van der Waals surface area contributed by atoms with Crippen LogP contribution in [0.5, 0.6) is 0 Å². The monoisotopic (exact) mass is 350 g/mol. The first kappa shape index (κ1) is 16.3. The molecule has 0 N–H and O–H groups in total. The Bertz CT molecular complexity index is 964. The van der Waals surface area contributed by atoms with Crippen LogP contribution >= 0.6 is 0 Å². The molecule has 2 amide bonds.